The van der Waals surface area contributed by atoms with Crippen LogP contribution < -0.4 is 0 Å². The van der Waals surface area contributed by atoms with E-state index in [1.807, 2.05) is 0 Å². The lowest BCUT2D eigenvalue weighted by Gasteiger charge is -2.20. The molecule has 84 valence electrons. The quantitative estimate of drug-likeness (QED) is 0.403. The van der Waals surface area contributed by atoms with E-state index in [9.17, 15) is 14.7 Å². The van der Waals surface area contributed by atoms with Crippen LogP contribution in [0.15, 0.2) is 12.2 Å². The number of methoxy groups -OCH3 is 2. The van der Waals surface area contributed by atoms with Crippen LogP contribution in [0, 0.1) is 11.8 Å². The average Bonchev–Trinajstić information content (AvgIpc) is 2.64. The van der Waals surface area contributed by atoms with Gasteiger partial charge in [0, 0.05) is 5.92 Å². The van der Waals surface area contributed by atoms with Gasteiger partial charge in [0.2, 0.25) is 0 Å². The van der Waals surface area contributed by atoms with Crippen LogP contribution in [0.1, 0.15) is 6.42 Å². The summed E-state index contributed by atoms with van der Waals surface area (Å²) in [4.78, 5) is 22.8. The summed E-state index contributed by atoms with van der Waals surface area (Å²) in [5.74, 6) is -2.99. The molecule has 0 amide bonds. The molecule has 2 atom stereocenters. The van der Waals surface area contributed by atoms with Gasteiger partial charge in [0.05, 0.1) is 20.3 Å². The van der Waals surface area contributed by atoms with Crippen LogP contribution in [0.3, 0.4) is 0 Å². The first kappa shape index (κ1) is 11.7. The van der Waals surface area contributed by atoms with E-state index < -0.39 is 29.9 Å². The summed E-state index contributed by atoms with van der Waals surface area (Å²) >= 11 is 0. The van der Waals surface area contributed by atoms with Gasteiger partial charge in [-0.15, -0.1) is 0 Å². The maximum Gasteiger partial charge on any atom is 0.320 e. The van der Waals surface area contributed by atoms with Gasteiger partial charge in [-0.05, 0) is 6.42 Å². The molecular formula is C10H14O5. The zero-order chi connectivity index (χ0) is 11.4. The fraction of sp³-hybridized carbons (Fsp3) is 0.600. The Labute approximate surface area is 87.7 Å². The molecule has 0 fully saturated rings. The van der Waals surface area contributed by atoms with E-state index in [1.54, 1.807) is 12.2 Å². The molecule has 0 saturated carbocycles. The summed E-state index contributed by atoms with van der Waals surface area (Å²) < 4.78 is 9.02. The van der Waals surface area contributed by atoms with Gasteiger partial charge in [-0.3, -0.25) is 9.59 Å². The van der Waals surface area contributed by atoms with Crippen molar-refractivity contribution in [1.82, 2.24) is 0 Å². The molecule has 0 bridgehead atoms. The predicted octanol–water partition coefficient (Wildman–Crippen LogP) is -0.114. The number of aliphatic hydroxyl groups excluding tert-OH is 1. The molecule has 0 spiro atoms. The minimum atomic E-state index is -1.08. The molecular weight excluding hydrogens is 200 g/mol. The SMILES string of the molecule is COC(=O)C(C(=O)OC)C1C=CCC1O. The van der Waals surface area contributed by atoms with Crippen molar-refractivity contribution in [3.8, 4) is 0 Å². The Morgan fingerprint density at radius 2 is 1.87 bits per heavy atom. The summed E-state index contributed by atoms with van der Waals surface area (Å²) in [7, 11) is 2.40. The monoisotopic (exact) mass is 214 g/mol. The van der Waals surface area contributed by atoms with Crippen molar-refractivity contribution in [3.05, 3.63) is 12.2 Å². The standard InChI is InChI=1S/C10H14O5/c1-14-9(12)8(10(13)15-2)6-4-3-5-7(6)11/h3-4,6-8,11H,5H2,1-2H3. The van der Waals surface area contributed by atoms with Crippen LogP contribution >= 0.6 is 0 Å². The molecule has 0 saturated heterocycles. The number of hydrogen-bond donors (Lipinski definition) is 1. The molecule has 0 aliphatic heterocycles. The summed E-state index contributed by atoms with van der Waals surface area (Å²) in [6.45, 7) is 0. The van der Waals surface area contributed by atoms with Gasteiger partial charge in [0.1, 0.15) is 0 Å². The van der Waals surface area contributed by atoms with E-state index in [0.717, 1.165) is 0 Å². The van der Waals surface area contributed by atoms with E-state index in [1.165, 1.54) is 14.2 Å². The largest absolute Gasteiger partial charge is 0.468 e. The second-order valence-corrected chi connectivity index (χ2v) is 3.33. The number of esters is 2. The molecule has 1 N–H and O–H groups in total. The average molecular weight is 214 g/mol. The molecule has 1 aliphatic rings. The fourth-order valence-corrected chi connectivity index (χ4v) is 1.66. The third kappa shape index (κ3) is 2.36. The Hall–Kier alpha value is -1.36. The highest BCUT2D eigenvalue weighted by atomic mass is 16.5. The topological polar surface area (TPSA) is 72.8 Å². The molecule has 5 heteroatoms. The minimum absolute atomic E-state index is 0.440. The number of rotatable bonds is 3. The van der Waals surface area contributed by atoms with E-state index in [2.05, 4.69) is 9.47 Å². The number of hydrogen-bond acceptors (Lipinski definition) is 5. The predicted molar refractivity (Wildman–Crippen MR) is 50.8 cm³/mol. The highest BCUT2D eigenvalue weighted by Gasteiger charge is 2.40. The van der Waals surface area contributed by atoms with Crippen LogP contribution in [-0.2, 0) is 19.1 Å². The Balaban J connectivity index is 2.85. The van der Waals surface area contributed by atoms with Gasteiger partial charge in [0.15, 0.2) is 5.92 Å². The van der Waals surface area contributed by atoms with Crippen LogP contribution in [-0.4, -0.2) is 37.4 Å². The summed E-state index contributed by atoms with van der Waals surface area (Å²) in [6.07, 6.45) is 3.08. The smallest absolute Gasteiger partial charge is 0.320 e. The first-order valence-corrected chi connectivity index (χ1v) is 4.62. The van der Waals surface area contributed by atoms with Gasteiger partial charge in [-0.2, -0.15) is 0 Å². The number of carbonyl (C=O) groups is 2. The van der Waals surface area contributed by atoms with Gasteiger partial charge in [-0.25, -0.2) is 0 Å². The molecule has 2 unspecified atom stereocenters. The maximum atomic E-state index is 11.4. The molecule has 15 heavy (non-hydrogen) atoms. The van der Waals surface area contributed by atoms with Gasteiger partial charge < -0.3 is 14.6 Å². The lowest BCUT2D eigenvalue weighted by Crippen LogP contribution is -2.36. The Morgan fingerprint density at radius 3 is 2.20 bits per heavy atom. The molecule has 0 aromatic rings. The lowest BCUT2D eigenvalue weighted by atomic mass is 9.90. The van der Waals surface area contributed by atoms with E-state index in [4.69, 9.17) is 0 Å². The minimum Gasteiger partial charge on any atom is -0.468 e. The molecule has 0 radical (unpaired) electrons. The van der Waals surface area contributed by atoms with Gasteiger partial charge in [-0.1, -0.05) is 12.2 Å². The van der Waals surface area contributed by atoms with Crippen molar-refractivity contribution in [2.45, 2.75) is 12.5 Å². The number of ether oxygens (including phenoxy) is 2. The van der Waals surface area contributed by atoms with Crippen LogP contribution in [0.5, 0.6) is 0 Å². The third-order valence-electron chi connectivity index (χ3n) is 2.48. The molecule has 1 aliphatic carbocycles. The second kappa shape index (κ2) is 4.93. The third-order valence-corrected chi connectivity index (χ3v) is 2.48. The fourth-order valence-electron chi connectivity index (χ4n) is 1.66. The van der Waals surface area contributed by atoms with E-state index in [0.29, 0.717) is 6.42 Å². The zero-order valence-electron chi connectivity index (χ0n) is 8.67. The zero-order valence-corrected chi connectivity index (χ0v) is 8.67. The molecule has 0 aromatic heterocycles. The first-order chi connectivity index (χ1) is 7.11. The molecule has 0 heterocycles. The van der Waals surface area contributed by atoms with Crippen molar-refractivity contribution in [2.24, 2.45) is 11.8 Å². The molecule has 0 aromatic carbocycles. The normalized spacial score (nSPS) is 24.3. The Kier molecular flexibility index (Phi) is 3.85. The van der Waals surface area contributed by atoms with Gasteiger partial charge >= 0.3 is 11.9 Å². The Bertz CT molecular complexity index is 268. The highest BCUT2D eigenvalue weighted by Crippen LogP contribution is 2.27. The van der Waals surface area contributed by atoms with Crippen molar-refractivity contribution in [1.29, 1.82) is 0 Å². The lowest BCUT2D eigenvalue weighted by molar-refractivity contribution is -0.162. The van der Waals surface area contributed by atoms with Gasteiger partial charge in [0.25, 0.3) is 0 Å². The summed E-state index contributed by atoms with van der Waals surface area (Å²) in [5.41, 5.74) is 0. The maximum absolute atomic E-state index is 11.4. The van der Waals surface area contributed by atoms with Crippen LogP contribution in [0.4, 0.5) is 0 Å². The number of carbonyl (C=O) groups excluding carboxylic acids is 2. The highest BCUT2D eigenvalue weighted by molar-refractivity contribution is 5.95. The summed E-state index contributed by atoms with van der Waals surface area (Å²) in [6, 6.07) is 0. The number of aliphatic hydroxyl groups is 1. The van der Waals surface area contributed by atoms with Crippen LogP contribution in [0.2, 0.25) is 0 Å². The van der Waals surface area contributed by atoms with E-state index in [-0.39, 0.29) is 0 Å². The summed E-state index contributed by atoms with van der Waals surface area (Å²) in [5, 5.41) is 9.57. The van der Waals surface area contributed by atoms with Crippen molar-refractivity contribution >= 4 is 11.9 Å². The first-order valence-electron chi connectivity index (χ1n) is 4.62. The van der Waals surface area contributed by atoms with Crippen molar-refractivity contribution in [3.63, 3.8) is 0 Å². The van der Waals surface area contributed by atoms with Crippen molar-refractivity contribution in [2.75, 3.05) is 14.2 Å². The molecule has 5 nitrogen and oxygen atoms in total. The van der Waals surface area contributed by atoms with Crippen LogP contribution in [0.25, 0.3) is 0 Å². The van der Waals surface area contributed by atoms with E-state index >= 15 is 0 Å². The Morgan fingerprint density at radius 1 is 1.33 bits per heavy atom. The van der Waals surface area contributed by atoms with Crippen molar-refractivity contribution < 1.29 is 24.2 Å². The second-order valence-electron chi connectivity index (χ2n) is 3.33. The molecule has 1 rings (SSSR count).